The van der Waals surface area contributed by atoms with Gasteiger partial charge in [-0.15, -0.1) is 0 Å². The van der Waals surface area contributed by atoms with E-state index in [2.05, 4.69) is 49.6 Å². The summed E-state index contributed by atoms with van der Waals surface area (Å²) in [7, 11) is 0. The van der Waals surface area contributed by atoms with Crippen molar-refractivity contribution in [2.75, 3.05) is 39.3 Å². The normalized spacial score (nSPS) is 11.4. The first-order chi connectivity index (χ1) is 24.5. The Kier molecular flexibility index (Phi) is 25.2. The molecule has 0 bridgehead atoms. The highest BCUT2D eigenvalue weighted by atomic mass is 16.5. The van der Waals surface area contributed by atoms with E-state index in [9.17, 15) is 9.59 Å². The maximum absolute atomic E-state index is 12.9. The van der Waals surface area contributed by atoms with Crippen LogP contribution >= 0.6 is 0 Å². The molecule has 0 heterocycles. The number of nitrogens with zero attached hydrogens (tertiary/aromatic N) is 2. The summed E-state index contributed by atoms with van der Waals surface area (Å²) in [5, 5.41) is 0. The van der Waals surface area contributed by atoms with Crippen LogP contribution in [0, 0.1) is 0 Å². The van der Waals surface area contributed by atoms with Crippen LogP contribution < -0.4 is 0 Å². The fourth-order valence-corrected chi connectivity index (χ4v) is 6.50. The molecule has 2 aromatic rings. The lowest BCUT2D eigenvalue weighted by molar-refractivity contribution is -0.146. The van der Waals surface area contributed by atoms with E-state index >= 15 is 0 Å². The van der Waals surface area contributed by atoms with Crippen LogP contribution in [0.5, 0.6) is 0 Å². The summed E-state index contributed by atoms with van der Waals surface area (Å²) < 4.78 is 11.7. The number of hydrogen-bond donors (Lipinski definition) is 0. The van der Waals surface area contributed by atoms with E-state index in [0.717, 1.165) is 61.5 Å². The first-order valence-corrected chi connectivity index (χ1v) is 20.4. The number of hydrogen-bond acceptors (Lipinski definition) is 6. The molecule has 0 aliphatic rings. The number of esters is 2. The van der Waals surface area contributed by atoms with Crippen molar-refractivity contribution < 1.29 is 19.1 Å². The van der Waals surface area contributed by atoms with E-state index in [0.29, 0.717) is 12.8 Å². The van der Waals surface area contributed by atoms with Crippen LogP contribution in [-0.2, 0) is 32.3 Å². The van der Waals surface area contributed by atoms with Crippen LogP contribution in [0.1, 0.15) is 154 Å². The van der Waals surface area contributed by atoms with E-state index in [1.54, 1.807) is 0 Å². The standard InChI is InChI=1S/C44H72N2O4/c1-5-9-13-21-31-45(32-22-14-10-6-2)35-29-43(47)49-37-39-25-17-19-27-41(39)42-28-20-18-26-40(42)38-50-44(48)30-36-46(33-23-15-11-7-3)34-24-16-12-8-4/h17-20,25-28H,5-16,21-24,29-38H2,1-4H3. The quantitative estimate of drug-likeness (QED) is 0.0579. The van der Waals surface area contributed by atoms with Crippen molar-refractivity contribution in [3.8, 4) is 11.1 Å². The van der Waals surface area contributed by atoms with Crippen LogP contribution in [0.3, 0.4) is 0 Å². The number of ether oxygens (including phenoxy) is 2. The third-order valence-electron chi connectivity index (χ3n) is 9.68. The van der Waals surface area contributed by atoms with Gasteiger partial charge in [0.1, 0.15) is 13.2 Å². The smallest absolute Gasteiger partial charge is 0.307 e. The van der Waals surface area contributed by atoms with Gasteiger partial charge in [0, 0.05) is 13.1 Å². The Balaban J connectivity index is 1.94. The third-order valence-corrected chi connectivity index (χ3v) is 9.68. The van der Waals surface area contributed by atoms with Gasteiger partial charge in [0.05, 0.1) is 12.8 Å². The lowest BCUT2D eigenvalue weighted by atomic mass is 9.96. The van der Waals surface area contributed by atoms with E-state index in [4.69, 9.17) is 9.47 Å². The molecule has 2 rings (SSSR count). The lowest BCUT2D eigenvalue weighted by Gasteiger charge is -2.22. The van der Waals surface area contributed by atoms with E-state index in [1.807, 2.05) is 36.4 Å². The molecule has 0 saturated heterocycles. The second-order valence-corrected chi connectivity index (χ2v) is 14.1. The van der Waals surface area contributed by atoms with Gasteiger partial charge < -0.3 is 19.3 Å². The number of benzene rings is 2. The summed E-state index contributed by atoms with van der Waals surface area (Å²) >= 11 is 0. The Morgan fingerprint density at radius 2 is 0.760 bits per heavy atom. The van der Waals surface area contributed by atoms with Crippen LogP contribution in [0.2, 0.25) is 0 Å². The number of carbonyl (C=O) groups is 2. The topological polar surface area (TPSA) is 59.1 Å². The van der Waals surface area contributed by atoms with E-state index < -0.39 is 0 Å². The van der Waals surface area contributed by atoms with Gasteiger partial charge in [-0.25, -0.2) is 0 Å². The van der Waals surface area contributed by atoms with Gasteiger partial charge in [-0.1, -0.05) is 153 Å². The van der Waals surface area contributed by atoms with Gasteiger partial charge in [0.15, 0.2) is 0 Å². The summed E-state index contributed by atoms with van der Waals surface area (Å²) in [4.78, 5) is 30.8. The highest BCUT2D eigenvalue weighted by Crippen LogP contribution is 2.28. The largest absolute Gasteiger partial charge is 0.461 e. The monoisotopic (exact) mass is 693 g/mol. The summed E-state index contributed by atoms with van der Waals surface area (Å²) in [5.74, 6) is -0.308. The minimum atomic E-state index is -0.154. The molecule has 0 unspecified atom stereocenters. The van der Waals surface area contributed by atoms with Crippen LogP contribution in [0.4, 0.5) is 0 Å². The zero-order chi connectivity index (χ0) is 36.1. The Bertz CT molecular complexity index is 1040. The summed E-state index contributed by atoms with van der Waals surface area (Å²) in [5.41, 5.74) is 3.92. The van der Waals surface area contributed by atoms with Crippen molar-refractivity contribution in [3.05, 3.63) is 59.7 Å². The maximum atomic E-state index is 12.9. The molecule has 0 aliphatic heterocycles. The van der Waals surface area contributed by atoms with Gasteiger partial charge in [0.2, 0.25) is 0 Å². The van der Waals surface area contributed by atoms with Crippen molar-refractivity contribution >= 4 is 11.9 Å². The summed E-state index contributed by atoms with van der Waals surface area (Å²) in [6.45, 7) is 15.1. The molecular formula is C44H72N2O4. The molecule has 50 heavy (non-hydrogen) atoms. The summed E-state index contributed by atoms with van der Waals surface area (Å²) in [6.07, 6.45) is 20.6. The molecule has 0 radical (unpaired) electrons. The van der Waals surface area contributed by atoms with E-state index in [1.165, 1.54) is 103 Å². The molecule has 0 atom stereocenters. The number of unbranched alkanes of at least 4 members (excludes halogenated alkanes) is 12. The van der Waals surface area contributed by atoms with Gasteiger partial charge in [-0.2, -0.15) is 0 Å². The minimum Gasteiger partial charge on any atom is -0.461 e. The molecular weight excluding hydrogens is 620 g/mol. The highest BCUT2D eigenvalue weighted by Gasteiger charge is 2.15. The SMILES string of the molecule is CCCCCCN(CCCCCC)CCC(=O)OCc1ccccc1-c1ccccc1COC(=O)CCN(CCCCCC)CCCCCC. The molecule has 0 N–H and O–H groups in total. The fourth-order valence-electron chi connectivity index (χ4n) is 6.50. The third kappa shape index (κ3) is 19.6. The fraction of sp³-hybridized carbons (Fsp3) is 0.682. The molecule has 6 heteroatoms. The first-order valence-electron chi connectivity index (χ1n) is 20.4. The highest BCUT2D eigenvalue weighted by molar-refractivity contribution is 5.73. The zero-order valence-electron chi connectivity index (χ0n) is 32.5. The van der Waals surface area contributed by atoms with E-state index in [-0.39, 0.29) is 25.2 Å². The second-order valence-electron chi connectivity index (χ2n) is 14.1. The molecule has 0 spiro atoms. The average Bonchev–Trinajstić information content (AvgIpc) is 3.14. The Labute approximate surface area is 306 Å². The molecule has 2 aromatic carbocycles. The predicted molar refractivity (Wildman–Crippen MR) is 210 cm³/mol. The maximum Gasteiger partial charge on any atom is 0.307 e. The molecule has 0 aliphatic carbocycles. The Hall–Kier alpha value is -2.70. The van der Waals surface area contributed by atoms with Gasteiger partial charge in [-0.05, 0) is 74.1 Å². The summed E-state index contributed by atoms with van der Waals surface area (Å²) in [6, 6.07) is 16.2. The molecule has 0 saturated carbocycles. The Morgan fingerprint density at radius 3 is 1.08 bits per heavy atom. The molecule has 0 aromatic heterocycles. The lowest BCUT2D eigenvalue weighted by Crippen LogP contribution is -2.29. The van der Waals surface area contributed by atoms with Crippen LogP contribution in [0.25, 0.3) is 11.1 Å². The van der Waals surface area contributed by atoms with Crippen molar-refractivity contribution in [1.29, 1.82) is 0 Å². The van der Waals surface area contributed by atoms with Gasteiger partial charge >= 0.3 is 11.9 Å². The first kappa shape index (κ1) is 43.5. The van der Waals surface area contributed by atoms with Crippen molar-refractivity contribution in [3.63, 3.8) is 0 Å². The van der Waals surface area contributed by atoms with Crippen molar-refractivity contribution in [2.24, 2.45) is 0 Å². The van der Waals surface area contributed by atoms with Gasteiger partial charge in [-0.3, -0.25) is 9.59 Å². The van der Waals surface area contributed by atoms with Gasteiger partial charge in [0.25, 0.3) is 0 Å². The molecule has 282 valence electrons. The number of carbonyl (C=O) groups excluding carboxylic acids is 2. The zero-order valence-corrected chi connectivity index (χ0v) is 32.5. The molecule has 6 nitrogen and oxygen atoms in total. The predicted octanol–water partition coefficient (Wildman–Crippen LogP) is 11.1. The number of rotatable bonds is 31. The van der Waals surface area contributed by atoms with Crippen LogP contribution in [-0.4, -0.2) is 61.0 Å². The average molecular weight is 693 g/mol. The Morgan fingerprint density at radius 1 is 0.440 bits per heavy atom. The molecule has 0 fully saturated rings. The van der Waals surface area contributed by atoms with Crippen molar-refractivity contribution in [1.82, 2.24) is 9.80 Å². The second kappa shape index (κ2) is 28.9. The molecule has 0 amide bonds. The van der Waals surface area contributed by atoms with Crippen LogP contribution in [0.15, 0.2) is 48.5 Å². The van der Waals surface area contributed by atoms with Crippen molar-refractivity contribution in [2.45, 2.75) is 156 Å². The minimum absolute atomic E-state index is 0.154.